The molecule has 1 aromatic rings. The average Bonchev–Trinajstić information content (AvgIpc) is 2.35. The Labute approximate surface area is 106 Å². The maximum atomic E-state index is 12.2. The summed E-state index contributed by atoms with van der Waals surface area (Å²) in [6, 6.07) is 4.51. The van der Waals surface area contributed by atoms with Crippen LogP contribution in [0, 0.1) is 0 Å². The zero-order valence-corrected chi connectivity index (χ0v) is 10.9. The molecular weight excluding hydrogens is 232 g/mol. The number of rotatable bonds is 5. The molecule has 0 saturated heterocycles. The first-order valence-corrected chi connectivity index (χ1v) is 5.98. The first-order chi connectivity index (χ1) is 8.47. The Morgan fingerprint density at radius 3 is 2.44 bits per heavy atom. The van der Waals surface area contributed by atoms with Crippen LogP contribution in [0.15, 0.2) is 18.2 Å². The van der Waals surface area contributed by atoms with Crippen molar-refractivity contribution in [2.24, 2.45) is 0 Å². The van der Waals surface area contributed by atoms with Gasteiger partial charge in [0.15, 0.2) is 0 Å². The third-order valence-corrected chi connectivity index (χ3v) is 2.54. The van der Waals surface area contributed by atoms with E-state index in [9.17, 15) is 9.59 Å². The Hall–Kier alpha value is -1.91. The van der Waals surface area contributed by atoms with Crippen LogP contribution in [0.3, 0.4) is 0 Å². The van der Waals surface area contributed by atoms with Gasteiger partial charge >= 0.3 is 5.97 Å². The lowest BCUT2D eigenvalue weighted by Gasteiger charge is -2.25. The molecule has 0 fully saturated rings. The zero-order chi connectivity index (χ0) is 13.7. The van der Waals surface area contributed by atoms with Gasteiger partial charge in [-0.2, -0.15) is 0 Å². The van der Waals surface area contributed by atoms with Crippen LogP contribution in [-0.4, -0.2) is 39.5 Å². The van der Waals surface area contributed by atoms with Crippen LogP contribution in [0.1, 0.15) is 48.2 Å². The number of aromatic carboxylic acids is 1. The Morgan fingerprint density at radius 1 is 1.33 bits per heavy atom. The molecule has 5 heteroatoms. The van der Waals surface area contributed by atoms with Gasteiger partial charge in [0.2, 0.25) is 0 Å². The minimum absolute atomic E-state index is 0.0627. The summed E-state index contributed by atoms with van der Waals surface area (Å²) in [6.07, 6.45) is 0.850. The predicted molar refractivity (Wildman–Crippen MR) is 67.7 cm³/mol. The van der Waals surface area contributed by atoms with E-state index in [1.807, 2.05) is 20.8 Å². The van der Waals surface area contributed by atoms with Gasteiger partial charge in [0.05, 0.1) is 0 Å². The van der Waals surface area contributed by atoms with E-state index in [4.69, 9.17) is 5.11 Å². The van der Waals surface area contributed by atoms with Crippen LogP contribution < -0.4 is 0 Å². The summed E-state index contributed by atoms with van der Waals surface area (Å²) in [7, 11) is 0. The fourth-order valence-electron chi connectivity index (χ4n) is 1.66. The van der Waals surface area contributed by atoms with Crippen molar-refractivity contribution in [3.8, 4) is 0 Å². The smallest absolute Gasteiger partial charge is 0.354 e. The van der Waals surface area contributed by atoms with Crippen LogP contribution >= 0.6 is 0 Å². The second-order valence-corrected chi connectivity index (χ2v) is 4.31. The quantitative estimate of drug-likeness (QED) is 0.868. The lowest BCUT2D eigenvalue weighted by molar-refractivity contribution is 0.0687. The molecule has 0 spiro atoms. The van der Waals surface area contributed by atoms with Crippen molar-refractivity contribution in [1.82, 2.24) is 9.88 Å². The zero-order valence-electron chi connectivity index (χ0n) is 10.9. The molecule has 1 N–H and O–H groups in total. The molecule has 0 aromatic carbocycles. The summed E-state index contributed by atoms with van der Waals surface area (Å²) in [6.45, 7) is 6.47. The van der Waals surface area contributed by atoms with Crippen LogP contribution in [0.25, 0.3) is 0 Å². The van der Waals surface area contributed by atoms with Gasteiger partial charge in [0.1, 0.15) is 11.4 Å². The number of carboxylic acids is 1. The molecule has 18 heavy (non-hydrogen) atoms. The topological polar surface area (TPSA) is 70.5 Å². The van der Waals surface area contributed by atoms with Crippen molar-refractivity contribution in [2.45, 2.75) is 33.2 Å². The highest BCUT2D eigenvalue weighted by atomic mass is 16.4. The number of carbonyl (C=O) groups is 2. The van der Waals surface area contributed by atoms with Gasteiger partial charge in [-0.05, 0) is 32.4 Å². The maximum Gasteiger partial charge on any atom is 0.354 e. The summed E-state index contributed by atoms with van der Waals surface area (Å²) in [5.74, 6) is -1.36. The minimum Gasteiger partial charge on any atom is -0.477 e. The highest BCUT2D eigenvalue weighted by Crippen LogP contribution is 2.08. The van der Waals surface area contributed by atoms with E-state index >= 15 is 0 Å². The lowest BCUT2D eigenvalue weighted by Crippen LogP contribution is -2.38. The largest absolute Gasteiger partial charge is 0.477 e. The van der Waals surface area contributed by atoms with Gasteiger partial charge < -0.3 is 10.0 Å². The van der Waals surface area contributed by atoms with Crippen LogP contribution in [0.5, 0.6) is 0 Å². The summed E-state index contributed by atoms with van der Waals surface area (Å²) in [4.78, 5) is 28.6. The Kier molecular flexibility index (Phi) is 4.83. The van der Waals surface area contributed by atoms with Crippen LogP contribution in [0.2, 0.25) is 0 Å². The summed E-state index contributed by atoms with van der Waals surface area (Å²) in [5, 5.41) is 8.85. The maximum absolute atomic E-state index is 12.2. The molecule has 1 heterocycles. The molecule has 0 aliphatic carbocycles. The average molecular weight is 250 g/mol. The van der Waals surface area contributed by atoms with Gasteiger partial charge in [-0.3, -0.25) is 4.79 Å². The van der Waals surface area contributed by atoms with Crippen molar-refractivity contribution in [3.63, 3.8) is 0 Å². The molecule has 5 nitrogen and oxygen atoms in total. The van der Waals surface area contributed by atoms with Crippen molar-refractivity contribution in [1.29, 1.82) is 0 Å². The monoisotopic (exact) mass is 250 g/mol. The van der Waals surface area contributed by atoms with Gasteiger partial charge in [-0.15, -0.1) is 0 Å². The van der Waals surface area contributed by atoms with E-state index < -0.39 is 5.97 Å². The molecule has 0 radical (unpaired) electrons. The number of amides is 1. The fourth-order valence-corrected chi connectivity index (χ4v) is 1.66. The normalized spacial score (nSPS) is 10.4. The van der Waals surface area contributed by atoms with Crippen molar-refractivity contribution in [3.05, 3.63) is 29.6 Å². The third-order valence-electron chi connectivity index (χ3n) is 2.54. The summed E-state index contributed by atoms with van der Waals surface area (Å²) in [5.41, 5.74) is 0.0677. The first-order valence-electron chi connectivity index (χ1n) is 5.98. The lowest BCUT2D eigenvalue weighted by atomic mass is 10.2. The van der Waals surface area contributed by atoms with Crippen molar-refractivity contribution >= 4 is 11.9 Å². The number of hydrogen-bond acceptors (Lipinski definition) is 3. The second-order valence-electron chi connectivity index (χ2n) is 4.31. The number of nitrogens with zero attached hydrogens (tertiary/aromatic N) is 2. The molecule has 1 rings (SSSR count). The van der Waals surface area contributed by atoms with E-state index in [1.54, 1.807) is 11.0 Å². The molecule has 0 aliphatic rings. The Bertz CT molecular complexity index is 444. The number of aromatic nitrogens is 1. The first kappa shape index (κ1) is 14.2. The molecule has 1 aromatic heterocycles. The molecule has 0 bridgehead atoms. The third kappa shape index (κ3) is 3.29. The Morgan fingerprint density at radius 2 is 1.94 bits per heavy atom. The highest BCUT2D eigenvalue weighted by molar-refractivity contribution is 5.94. The molecule has 1 amide bonds. The molecule has 0 aliphatic heterocycles. The van der Waals surface area contributed by atoms with Gasteiger partial charge in [-0.1, -0.05) is 13.0 Å². The second kappa shape index (κ2) is 6.14. The fraction of sp³-hybridized carbons (Fsp3) is 0.462. The molecule has 98 valence electrons. The van der Waals surface area contributed by atoms with Crippen LogP contribution in [0.4, 0.5) is 0 Å². The van der Waals surface area contributed by atoms with Crippen molar-refractivity contribution < 1.29 is 14.7 Å². The number of hydrogen-bond donors (Lipinski definition) is 1. The predicted octanol–water partition coefficient (Wildman–Crippen LogP) is 2.04. The number of pyridine rings is 1. The van der Waals surface area contributed by atoms with E-state index in [0.29, 0.717) is 6.54 Å². The summed E-state index contributed by atoms with van der Waals surface area (Å²) < 4.78 is 0. The van der Waals surface area contributed by atoms with E-state index in [1.165, 1.54) is 12.1 Å². The van der Waals surface area contributed by atoms with Crippen molar-refractivity contribution in [2.75, 3.05) is 6.54 Å². The van der Waals surface area contributed by atoms with Crippen LogP contribution in [-0.2, 0) is 0 Å². The summed E-state index contributed by atoms with van der Waals surface area (Å²) >= 11 is 0. The molecule has 0 atom stereocenters. The van der Waals surface area contributed by atoms with E-state index in [-0.39, 0.29) is 23.3 Å². The van der Waals surface area contributed by atoms with Gasteiger partial charge in [0, 0.05) is 12.6 Å². The Balaban J connectivity index is 3.01. The van der Waals surface area contributed by atoms with Gasteiger partial charge in [0.25, 0.3) is 5.91 Å². The minimum atomic E-state index is -1.13. The van der Waals surface area contributed by atoms with E-state index in [2.05, 4.69) is 4.98 Å². The molecule has 0 saturated carbocycles. The standard InChI is InChI=1S/C13H18N2O3/c1-4-8-15(9(2)3)12(16)10-6-5-7-11(14-10)13(17)18/h5-7,9H,4,8H2,1-3H3,(H,17,18). The molecular formula is C13H18N2O3. The number of carbonyl (C=O) groups excluding carboxylic acids is 1. The van der Waals surface area contributed by atoms with E-state index in [0.717, 1.165) is 6.42 Å². The molecule has 0 unspecified atom stereocenters. The number of carboxylic acid groups (broad SMARTS) is 1. The highest BCUT2D eigenvalue weighted by Gasteiger charge is 2.20. The van der Waals surface area contributed by atoms with Gasteiger partial charge in [-0.25, -0.2) is 9.78 Å². The SMILES string of the molecule is CCCN(C(=O)c1cccc(C(=O)O)n1)C(C)C.